The summed E-state index contributed by atoms with van der Waals surface area (Å²) in [6.07, 6.45) is 1.38. The van der Waals surface area contributed by atoms with Crippen LogP contribution in [0, 0.1) is 0 Å². The molecule has 0 aliphatic rings. The molecule has 4 aromatic carbocycles. The molecule has 1 N–H and O–H groups in total. The molecule has 0 aliphatic heterocycles. The number of carbonyl (C=O) groups is 2. The van der Waals surface area contributed by atoms with E-state index in [1.165, 1.54) is 0 Å². The minimum absolute atomic E-state index is 0.0240. The molecule has 41 heavy (non-hydrogen) atoms. The van der Waals surface area contributed by atoms with E-state index in [-0.39, 0.29) is 36.7 Å². The van der Waals surface area contributed by atoms with Crippen molar-refractivity contribution in [1.82, 2.24) is 10.2 Å². The van der Waals surface area contributed by atoms with E-state index in [1.54, 1.807) is 17.0 Å². The minimum atomic E-state index is -0.722. The Kier molecular flexibility index (Phi) is 11.0. The molecule has 0 bridgehead atoms. The predicted molar refractivity (Wildman–Crippen MR) is 168 cm³/mol. The van der Waals surface area contributed by atoms with E-state index in [2.05, 4.69) is 5.32 Å². The van der Waals surface area contributed by atoms with Crippen LogP contribution in [0.3, 0.4) is 0 Å². The molecule has 2 amide bonds. The summed E-state index contributed by atoms with van der Waals surface area (Å²) >= 11 is 12.6. The smallest absolute Gasteiger partial charge is 0.243 e. The lowest BCUT2D eigenvalue weighted by Crippen LogP contribution is -2.52. The Bertz CT molecular complexity index is 1370. The van der Waals surface area contributed by atoms with E-state index in [9.17, 15) is 9.59 Å². The van der Waals surface area contributed by atoms with Crippen molar-refractivity contribution in [2.75, 3.05) is 0 Å². The van der Waals surface area contributed by atoms with E-state index in [0.29, 0.717) is 16.5 Å². The predicted octanol–water partition coefficient (Wildman–Crippen LogP) is 8.07. The number of rotatable bonds is 12. The van der Waals surface area contributed by atoms with Gasteiger partial charge in [0.05, 0.1) is 10.0 Å². The second-order valence-electron chi connectivity index (χ2n) is 10.4. The molecular formula is C35H36Cl2N2O2. The van der Waals surface area contributed by atoms with Crippen LogP contribution in [0.1, 0.15) is 54.9 Å². The van der Waals surface area contributed by atoms with E-state index in [4.69, 9.17) is 23.2 Å². The van der Waals surface area contributed by atoms with Crippen LogP contribution < -0.4 is 5.32 Å². The summed E-state index contributed by atoms with van der Waals surface area (Å²) in [5, 5.41) is 3.98. The van der Waals surface area contributed by atoms with Gasteiger partial charge in [0.15, 0.2) is 0 Å². The first-order valence-electron chi connectivity index (χ1n) is 14.0. The fraction of sp³-hybridized carbons (Fsp3) is 0.257. The van der Waals surface area contributed by atoms with Crippen LogP contribution in [0.25, 0.3) is 0 Å². The van der Waals surface area contributed by atoms with Crippen molar-refractivity contribution in [3.8, 4) is 0 Å². The lowest BCUT2D eigenvalue weighted by atomic mass is 9.87. The summed E-state index contributed by atoms with van der Waals surface area (Å²) in [6, 6.07) is 34.5. The first-order valence-corrected chi connectivity index (χ1v) is 14.8. The highest BCUT2D eigenvalue weighted by molar-refractivity contribution is 6.42. The number of amides is 2. The number of benzene rings is 4. The molecule has 0 aromatic heterocycles. The summed E-state index contributed by atoms with van der Waals surface area (Å²) in [7, 11) is 0. The van der Waals surface area contributed by atoms with E-state index >= 15 is 0 Å². The summed E-state index contributed by atoms with van der Waals surface area (Å²) in [4.78, 5) is 30.0. The number of hydrogen-bond donors (Lipinski definition) is 1. The van der Waals surface area contributed by atoms with Crippen LogP contribution in [-0.2, 0) is 22.6 Å². The van der Waals surface area contributed by atoms with Crippen LogP contribution in [0.2, 0.25) is 10.0 Å². The second kappa shape index (κ2) is 14.9. The number of hydrogen-bond acceptors (Lipinski definition) is 2. The number of nitrogens with zero attached hydrogens (tertiary/aromatic N) is 1. The second-order valence-corrected chi connectivity index (χ2v) is 11.2. The van der Waals surface area contributed by atoms with Gasteiger partial charge >= 0.3 is 0 Å². The number of halogens is 2. The van der Waals surface area contributed by atoms with Crippen LogP contribution in [-0.4, -0.2) is 28.8 Å². The van der Waals surface area contributed by atoms with Gasteiger partial charge in [0.1, 0.15) is 6.04 Å². The van der Waals surface area contributed by atoms with E-state index in [1.807, 2.05) is 111 Å². The molecule has 4 aromatic rings. The first-order chi connectivity index (χ1) is 19.9. The van der Waals surface area contributed by atoms with Crippen LogP contribution in [0.5, 0.6) is 0 Å². The zero-order chi connectivity index (χ0) is 29.2. The average Bonchev–Trinajstić information content (AvgIpc) is 3.00. The lowest BCUT2D eigenvalue weighted by molar-refractivity contribution is -0.141. The van der Waals surface area contributed by atoms with Gasteiger partial charge in [-0.05, 0) is 47.7 Å². The SMILES string of the molecule is CC[C@@H](C)NC(=O)[C@@H](Cc1ccccc1)N(Cc1ccc(Cl)c(Cl)c1)C(=O)CC(c1ccccc1)c1ccccc1. The first kappa shape index (κ1) is 30.4. The number of carbonyl (C=O) groups excluding carboxylic acids is 2. The van der Waals surface area contributed by atoms with Crippen LogP contribution in [0.15, 0.2) is 109 Å². The molecular weight excluding hydrogens is 551 g/mol. The topological polar surface area (TPSA) is 49.4 Å². The highest BCUT2D eigenvalue weighted by atomic mass is 35.5. The summed E-state index contributed by atoms with van der Waals surface area (Å²) in [5.41, 5.74) is 3.87. The minimum Gasteiger partial charge on any atom is -0.352 e. The Balaban J connectivity index is 1.75. The third-order valence-electron chi connectivity index (χ3n) is 7.39. The third kappa shape index (κ3) is 8.45. The van der Waals surface area contributed by atoms with Gasteiger partial charge < -0.3 is 10.2 Å². The van der Waals surface area contributed by atoms with Gasteiger partial charge in [-0.2, -0.15) is 0 Å². The summed E-state index contributed by atoms with van der Waals surface area (Å²) in [5.74, 6) is -0.460. The molecule has 0 aliphatic carbocycles. The van der Waals surface area contributed by atoms with Crippen molar-refractivity contribution in [3.05, 3.63) is 141 Å². The van der Waals surface area contributed by atoms with Gasteiger partial charge in [-0.3, -0.25) is 9.59 Å². The standard InChI is InChI=1S/C35H36Cl2N2O2/c1-3-25(2)38-35(41)33(22-26-13-7-4-8-14-26)39(24-27-19-20-31(36)32(37)21-27)34(40)23-30(28-15-9-5-10-16-28)29-17-11-6-12-18-29/h4-21,25,30,33H,3,22-24H2,1-2H3,(H,38,41)/t25-,33-/m1/s1. The zero-order valence-electron chi connectivity index (χ0n) is 23.5. The molecule has 0 radical (unpaired) electrons. The Morgan fingerprint density at radius 2 is 1.32 bits per heavy atom. The third-order valence-corrected chi connectivity index (χ3v) is 8.13. The number of nitrogens with one attached hydrogen (secondary N) is 1. The maximum absolute atomic E-state index is 14.4. The lowest BCUT2D eigenvalue weighted by Gasteiger charge is -2.33. The quantitative estimate of drug-likeness (QED) is 0.182. The Morgan fingerprint density at radius 1 is 0.756 bits per heavy atom. The van der Waals surface area contributed by atoms with E-state index < -0.39 is 6.04 Å². The molecule has 212 valence electrons. The van der Waals surface area contributed by atoms with Gasteiger partial charge in [0.2, 0.25) is 11.8 Å². The highest BCUT2D eigenvalue weighted by Crippen LogP contribution is 2.30. The van der Waals surface area contributed by atoms with Gasteiger partial charge in [-0.1, -0.05) is 127 Å². The fourth-order valence-electron chi connectivity index (χ4n) is 4.92. The van der Waals surface area contributed by atoms with E-state index in [0.717, 1.165) is 28.7 Å². The molecule has 0 unspecified atom stereocenters. The summed E-state index contributed by atoms with van der Waals surface area (Å²) in [6.45, 7) is 4.22. The van der Waals surface area contributed by atoms with Gasteiger partial charge in [-0.15, -0.1) is 0 Å². The van der Waals surface area contributed by atoms with Crippen LogP contribution >= 0.6 is 23.2 Å². The van der Waals surface area contributed by atoms with Crippen molar-refractivity contribution in [2.24, 2.45) is 0 Å². The molecule has 6 heteroatoms. The maximum Gasteiger partial charge on any atom is 0.243 e. The van der Waals surface area contributed by atoms with Crippen molar-refractivity contribution < 1.29 is 9.59 Å². The van der Waals surface area contributed by atoms with Crippen LogP contribution in [0.4, 0.5) is 0 Å². The van der Waals surface area contributed by atoms with Crippen molar-refractivity contribution >= 4 is 35.0 Å². The molecule has 0 saturated carbocycles. The Morgan fingerprint density at radius 3 is 1.85 bits per heavy atom. The molecule has 0 heterocycles. The van der Waals surface area contributed by atoms with Crippen molar-refractivity contribution in [1.29, 1.82) is 0 Å². The van der Waals surface area contributed by atoms with Crippen molar-refractivity contribution in [2.45, 2.75) is 57.7 Å². The molecule has 2 atom stereocenters. The fourth-order valence-corrected chi connectivity index (χ4v) is 5.24. The highest BCUT2D eigenvalue weighted by Gasteiger charge is 2.32. The Labute approximate surface area is 253 Å². The normalized spacial score (nSPS) is 12.5. The monoisotopic (exact) mass is 586 g/mol. The Hall–Kier alpha value is -3.60. The largest absolute Gasteiger partial charge is 0.352 e. The molecule has 0 saturated heterocycles. The molecule has 0 spiro atoms. The average molecular weight is 588 g/mol. The van der Waals surface area contributed by atoms with Gasteiger partial charge in [0.25, 0.3) is 0 Å². The van der Waals surface area contributed by atoms with Gasteiger partial charge in [0, 0.05) is 31.3 Å². The van der Waals surface area contributed by atoms with Crippen molar-refractivity contribution in [3.63, 3.8) is 0 Å². The molecule has 4 nitrogen and oxygen atoms in total. The van der Waals surface area contributed by atoms with Gasteiger partial charge in [-0.25, -0.2) is 0 Å². The zero-order valence-corrected chi connectivity index (χ0v) is 25.0. The summed E-state index contributed by atoms with van der Waals surface area (Å²) < 4.78 is 0. The molecule has 0 fully saturated rings. The maximum atomic E-state index is 14.4. The molecule has 4 rings (SSSR count).